The molecule has 22 heavy (non-hydrogen) atoms. The third kappa shape index (κ3) is 3.45. The molecule has 0 heterocycles. The number of carbonyl (C=O) groups excluding carboxylic acids is 1. The summed E-state index contributed by atoms with van der Waals surface area (Å²) in [7, 11) is 0. The van der Waals surface area contributed by atoms with Crippen LogP contribution >= 0.6 is 0 Å². The Hall–Kier alpha value is -1.52. The van der Waals surface area contributed by atoms with Crippen LogP contribution in [0.25, 0.3) is 0 Å². The molecular formula is C17H20F3NO. The Morgan fingerprint density at radius 2 is 1.86 bits per heavy atom. The maximum Gasteiger partial charge on any atom is 0.406 e. The van der Waals surface area contributed by atoms with Crippen LogP contribution < -0.4 is 0 Å². The van der Waals surface area contributed by atoms with Crippen LogP contribution in [0.1, 0.15) is 31.2 Å². The van der Waals surface area contributed by atoms with Crippen molar-refractivity contribution >= 4 is 5.91 Å². The van der Waals surface area contributed by atoms with Gasteiger partial charge in [0.2, 0.25) is 5.91 Å². The van der Waals surface area contributed by atoms with Crippen molar-refractivity contribution in [2.24, 2.45) is 17.8 Å². The van der Waals surface area contributed by atoms with E-state index in [-0.39, 0.29) is 18.4 Å². The van der Waals surface area contributed by atoms with Gasteiger partial charge in [0, 0.05) is 12.5 Å². The third-order valence-electron chi connectivity index (χ3n) is 4.95. The van der Waals surface area contributed by atoms with Crippen LogP contribution in [0.15, 0.2) is 30.3 Å². The second-order valence-corrected chi connectivity index (χ2v) is 6.58. The fourth-order valence-corrected chi connectivity index (χ4v) is 4.01. The number of halogens is 3. The SMILES string of the molecule is O=C([C@H]1C[C@H]2CC[C@H]1C2)N(Cc1ccccc1)CC(F)(F)F. The Bertz CT molecular complexity index is 528. The zero-order valence-corrected chi connectivity index (χ0v) is 12.4. The number of alkyl halides is 3. The monoisotopic (exact) mass is 311 g/mol. The lowest BCUT2D eigenvalue weighted by molar-refractivity contribution is -0.166. The molecule has 0 radical (unpaired) electrons. The molecule has 0 saturated heterocycles. The zero-order valence-electron chi connectivity index (χ0n) is 12.4. The van der Waals surface area contributed by atoms with E-state index >= 15 is 0 Å². The van der Waals surface area contributed by atoms with Crippen molar-refractivity contribution in [3.63, 3.8) is 0 Å². The molecule has 2 nitrogen and oxygen atoms in total. The highest BCUT2D eigenvalue weighted by Gasteiger charge is 2.45. The number of carbonyl (C=O) groups is 1. The minimum Gasteiger partial charge on any atom is -0.329 e. The van der Waals surface area contributed by atoms with E-state index in [4.69, 9.17) is 0 Å². The number of hydrogen-bond acceptors (Lipinski definition) is 1. The molecule has 0 aliphatic heterocycles. The zero-order chi connectivity index (χ0) is 15.7. The van der Waals surface area contributed by atoms with Crippen LogP contribution in [0.2, 0.25) is 0 Å². The van der Waals surface area contributed by atoms with Gasteiger partial charge in [0.25, 0.3) is 0 Å². The minimum absolute atomic E-state index is 0.0348. The second-order valence-electron chi connectivity index (χ2n) is 6.58. The van der Waals surface area contributed by atoms with Crippen LogP contribution in [0.3, 0.4) is 0 Å². The summed E-state index contributed by atoms with van der Waals surface area (Å²) < 4.78 is 38.5. The Morgan fingerprint density at radius 3 is 2.41 bits per heavy atom. The Labute approximate surface area is 128 Å². The van der Waals surface area contributed by atoms with E-state index in [0.29, 0.717) is 11.8 Å². The lowest BCUT2D eigenvalue weighted by atomic mass is 9.87. The number of benzene rings is 1. The van der Waals surface area contributed by atoms with E-state index < -0.39 is 12.7 Å². The van der Waals surface area contributed by atoms with Crippen molar-refractivity contribution in [3.8, 4) is 0 Å². The van der Waals surface area contributed by atoms with Crippen LogP contribution in [-0.2, 0) is 11.3 Å². The highest BCUT2D eigenvalue weighted by molar-refractivity contribution is 5.79. The largest absolute Gasteiger partial charge is 0.406 e. The first-order valence-corrected chi connectivity index (χ1v) is 7.82. The van der Waals surface area contributed by atoms with Gasteiger partial charge in [-0.1, -0.05) is 36.8 Å². The molecule has 0 unspecified atom stereocenters. The molecule has 1 aromatic carbocycles. The number of hydrogen-bond donors (Lipinski definition) is 0. The standard InChI is InChI=1S/C17H20F3NO/c18-17(19,20)11-21(10-12-4-2-1-3-5-12)16(22)15-9-13-6-7-14(15)8-13/h1-5,13-15H,6-11H2/t13-,14-,15-/m0/s1. The van der Waals surface area contributed by atoms with Crippen LogP contribution in [0.4, 0.5) is 13.2 Å². The number of fused-ring (bicyclic) bond motifs is 2. The summed E-state index contributed by atoms with van der Waals surface area (Å²) in [6, 6.07) is 8.90. The quantitative estimate of drug-likeness (QED) is 0.822. The van der Waals surface area contributed by atoms with Gasteiger partial charge in [-0.2, -0.15) is 13.2 Å². The molecule has 2 saturated carbocycles. The highest BCUT2D eigenvalue weighted by atomic mass is 19.4. The summed E-state index contributed by atoms with van der Waals surface area (Å²) in [5.74, 6) is 0.325. The predicted octanol–water partition coefficient (Wildman–Crippen LogP) is 4.01. The molecule has 3 atom stereocenters. The average Bonchev–Trinajstić information content (AvgIpc) is 3.08. The summed E-state index contributed by atoms with van der Waals surface area (Å²) in [6.07, 6.45) is -0.449. The van der Waals surface area contributed by atoms with Gasteiger partial charge in [0.15, 0.2) is 0 Å². The Balaban J connectivity index is 1.74. The molecule has 2 fully saturated rings. The maximum atomic E-state index is 12.8. The Kier molecular flexibility index (Phi) is 4.15. The highest BCUT2D eigenvalue weighted by Crippen LogP contribution is 2.49. The molecule has 5 heteroatoms. The molecule has 120 valence electrons. The first-order chi connectivity index (χ1) is 10.4. The molecule has 0 aromatic heterocycles. The predicted molar refractivity (Wildman–Crippen MR) is 76.9 cm³/mol. The lowest BCUT2D eigenvalue weighted by Gasteiger charge is -2.30. The average molecular weight is 311 g/mol. The van der Waals surface area contributed by atoms with Crippen molar-refractivity contribution in [2.45, 2.75) is 38.4 Å². The summed E-state index contributed by atoms with van der Waals surface area (Å²) >= 11 is 0. The molecule has 0 spiro atoms. The smallest absolute Gasteiger partial charge is 0.329 e. The van der Waals surface area contributed by atoms with Crippen molar-refractivity contribution in [1.82, 2.24) is 4.90 Å². The van der Waals surface area contributed by atoms with E-state index in [1.54, 1.807) is 24.3 Å². The van der Waals surface area contributed by atoms with E-state index in [0.717, 1.165) is 36.1 Å². The lowest BCUT2D eigenvalue weighted by Crippen LogP contribution is -2.43. The summed E-state index contributed by atoms with van der Waals surface area (Å²) in [5.41, 5.74) is 0.739. The first-order valence-electron chi connectivity index (χ1n) is 7.82. The normalized spacial score (nSPS) is 27.1. The van der Waals surface area contributed by atoms with Crippen molar-refractivity contribution in [3.05, 3.63) is 35.9 Å². The number of amides is 1. The van der Waals surface area contributed by atoms with E-state index in [1.807, 2.05) is 6.07 Å². The van der Waals surface area contributed by atoms with Gasteiger partial charge in [-0.15, -0.1) is 0 Å². The van der Waals surface area contributed by atoms with Gasteiger partial charge in [0.1, 0.15) is 6.54 Å². The molecule has 0 N–H and O–H groups in total. The van der Waals surface area contributed by atoms with Crippen molar-refractivity contribution in [2.75, 3.05) is 6.54 Å². The number of rotatable bonds is 4. The van der Waals surface area contributed by atoms with Crippen molar-refractivity contribution in [1.29, 1.82) is 0 Å². The van der Waals surface area contributed by atoms with Gasteiger partial charge in [-0.25, -0.2) is 0 Å². The number of nitrogens with zero attached hydrogens (tertiary/aromatic N) is 1. The third-order valence-corrected chi connectivity index (χ3v) is 4.95. The maximum absolute atomic E-state index is 12.8. The summed E-state index contributed by atoms with van der Waals surface area (Å²) in [6.45, 7) is -1.12. The van der Waals surface area contributed by atoms with Gasteiger partial charge < -0.3 is 4.90 Å². The van der Waals surface area contributed by atoms with Crippen LogP contribution in [-0.4, -0.2) is 23.5 Å². The van der Waals surface area contributed by atoms with Crippen molar-refractivity contribution < 1.29 is 18.0 Å². The van der Waals surface area contributed by atoms with Gasteiger partial charge in [-0.05, 0) is 36.7 Å². The molecule has 1 amide bonds. The first kappa shape index (κ1) is 15.4. The Morgan fingerprint density at radius 1 is 1.14 bits per heavy atom. The fraction of sp³-hybridized carbons (Fsp3) is 0.588. The molecule has 2 bridgehead atoms. The van der Waals surface area contributed by atoms with E-state index in [2.05, 4.69) is 0 Å². The second kappa shape index (κ2) is 5.94. The molecule has 2 aliphatic rings. The molecule has 3 rings (SSSR count). The van der Waals surface area contributed by atoms with Gasteiger partial charge >= 0.3 is 6.18 Å². The van der Waals surface area contributed by atoms with Gasteiger partial charge in [0.05, 0.1) is 0 Å². The summed E-state index contributed by atoms with van der Waals surface area (Å²) in [5, 5.41) is 0. The molecular weight excluding hydrogens is 291 g/mol. The van der Waals surface area contributed by atoms with E-state index in [1.165, 1.54) is 0 Å². The molecule has 1 aromatic rings. The minimum atomic E-state index is -4.36. The molecule has 2 aliphatic carbocycles. The van der Waals surface area contributed by atoms with Crippen LogP contribution in [0, 0.1) is 17.8 Å². The van der Waals surface area contributed by atoms with E-state index in [9.17, 15) is 18.0 Å². The van der Waals surface area contributed by atoms with Crippen LogP contribution in [0.5, 0.6) is 0 Å². The fourth-order valence-electron chi connectivity index (χ4n) is 4.01. The summed E-state index contributed by atoms with van der Waals surface area (Å²) in [4.78, 5) is 13.6. The topological polar surface area (TPSA) is 20.3 Å². The van der Waals surface area contributed by atoms with Gasteiger partial charge in [-0.3, -0.25) is 4.79 Å².